The summed E-state index contributed by atoms with van der Waals surface area (Å²) in [7, 11) is 0. The van der Waals surface area contributed by atoms with Crippen LogP contribution in [-0.4, -0.2) is 16.2 Å². The van der Waals surface area contributed by atoms with Gasteiger partial charge in [0.15, 0.2) is 0 Å². The molecule has 26 heavy (non-hydrogen) atoms. The van der Waals surface area contributed by atoms with Gasteiger partial charge in [0.2, 0.25) is 11.7 Å². The smallest absolute Gasteiger partial charge is 0.323 e. The molecule has 1 aliphatic rings. The van der Waals surface area contributed by atoms with Crippen molar-refractivity contribution in [3.05, 3.63) is 60.2 Å². The number of amides is 2. The van der Waals surface area contributed by atoms with Gasteiger partial charge in [-0.1, -0.05) is 17.6 Å². The first-order valence-corrected chi connectivity index (χ1v) is 8.45. The highest BCUT2D eigenvalue weighted by atomic mass is 19.1. The number of anilines is 2. The van der Waals surface area contributed by atoms with Crippen molar-refractivity contribution in [3.63, 3.8) is 0 Å². The van der Waals surface area contributed by atoms with Gasteiger partial charge in [0.05, 0.1) is 0 Å². The Hall–Kier alpha value is -3.22. The summed E-state index contributed by atoms with van der Waals surface area (Å²) < 4.78 is 18.5. The summed E-state index contributed by atoms with van der Waals surface area (Å²) in [6.07, 6.45) is 3.41. The summed E-state index contributed by atoms with van der Waals surface area (Å²) in [5, 5.41) is 9.29. The fourth-order valence-electron chi connectivity index (χ4n) is 2.74. The lowest BCUT2D eigenvalue weighted by Crippen LogP contribution is -2.19. The summed E-state index contributed by atoms with van der Waals surface area (Å²) in [5.74, 6) is 1.22. The molecule has 2 aromatic carbocycles. The van der Waals surface area contributed by atoms with Crippen molar-refractivity contribution in [2.24, 2.45) is 0 Å². The molecule has 0 atom stereocenters. The molecular formula is C19H17FN4O2. The van der Waals surface area contributed by atoms with E-state index in [1.165, 1.54) is 24.6 Å². The van der Waals surface area contributed by atoms with Crippen molar-refractivity contribution in [3.8, 4) is 11.4 Å². The summed E-state index contributed by atoms with van der Waals surface area (Å²) >= 11 is 0. The van der Waals surface area contributed by atoms with Crippen LogP contribution < -0.4 is 10.6 Å². The predicted molar refractivity (Wildman–Crippen MR) is 95.4 cm³/mol. The molecule has 6 nitrogen and oxygen atoms in total. The molecule has 0 unspecified atom stereocenters. The number of benzene rings is 2. The molecule has 3 aromatic rings. The van der Waals surface area contributed by atoms with Crippen LogP contribution in [0.3, 0.4) is 0 Å². The Bertz CT molecular complexity index is 919. The highest BCUT2D eigenvalue weighted by Crippen LogP contribution is 2.36. The van der Waals surface area contributed by atoms with Gasteiger partial charge in [-0.15, -0.1) is 0 Å². The van der Waals surface area contributed by atoms with Crippen LogP contribution >= 0.6 is 0 Å². The van der Waals surface area contributed by atoms with Crippen molar-refractivity contribution >= 4 is 17.4 Å². The van der Waals surface area contributed by atoms with E-state index in [-0.39, 0.29) is 0 Å². The molecule has 0 saturated heterocycles. The standard InChI is InChI=1S/C19H17FN4O2/c20-14-5-2-6-16(11-14)22-19(25)21-15-9-7-12(8-10-15)17-23-18(26-24-17)13-3-1-4-13/h2,5-11,13H,1,3-4H2,(H2,21,22,25). The van der Waals surface area contributed by atoms with Crippen LogP contribution in [0.25, 0.3) is 11.4 Å². The second kappa shape index (κ2) is 6.95. The number of hydrogen-bond acceptors (Lipinski definition) is 4. The van der Waals surface area contributed by atoms with Crippen LogP contribution in [0.1, 0.15) is 31.1 Å². The minimum atomic E-state index is -0.449. The predicted octanol–water partition coefficient (Wildman–Crippen LogP) is 4.79. The Balaban J connectivity index is 1.39. The molecular weight excluding hydrogens is 335 g/mol. The number of hydrogen-bond donors (Lipinski definition) is 2. The maximum atomic E-state index is 13.1. The minimum absolute atomic E-state index is 0.384. The number of carbonyl (C=O) groups is 1. The van der Waals surface area contributed by atoms with Gasteiger partial charge in [-0.25, -0.2) is 9.18 Å². The summed E-state index contributed by atoms with van der Waals surface area (Å²) in [5.41, 5.74) is 1.80. The van der Waals surface area contributed by atoms with Crippen molar-refractivity contribution in [1.82, 2.24) is 10.1 Å². The van der Waals surface area contributed by atoms with Crippen LogP contribution in [0.5, 0.6) is 0 Å². The molecule has 0 aliphatic heterocycles. The topological polar surface area (TPSA) is 80.1 Å². The normalized spacial score (nSPS) is 13.9. The van der Waals surface area contributed by atoms with Gasteiger partial charge in [-0.2, -0.15) is 4.98 Å². The summed E-state index contributed by atoms with van der Waals surface area (Å²) in [6.45, 7) is 0. The van der Waals surface area contributed by atoms with E-state index < -0.39 is 11.8 Å². The maximum Gasteiger partial charge on any atom is 0.323 e. The van der Waals surface area contributed by atoms with Crippen molar-refractivity contribution < 1.29 is 13.7 Å². The van der Waals surface area contributed by atoms with Crippen LogP contribution in [0.2, 0.25) is 0 Å². The van der Waals surface area contributed by atoms with Gasteiger partial charge in [0, 0.05) is 22.9 Å². The maximum absolute atomic E-state index is 13.1. The number of aromatic nitrogens is 2. The Morgan fingerprint density at radius 1 is 1.08 bits per heavy atom. The van der Waals surface area contributed by atoms with Gasteiger partial charge in [-0.05, 0) is 55.3 Å². The first-order valence-electron chi connectivity index (χ1n) is 8.45. The number of nitrogens with one attached hydrogen (secondary N) is 2. The molecule has 1 aliphatic carbocycles. The van der Waals surface area contributed by atoms with Crippen LogP contribution in [0, 0.1) is 5.82 Å². The van der Waals surface area contributed by atoms with E-state index in [0.29, 0.717) is 29.0 Å². The third kappa shape index (κ3) is 3.56. The Kier molecular flexibility index (Phi) is 4.35. The van der Waals surface area contributed by atoms with Crippen LogP contribution in [-0.2, 0) is 0 Å². The number of urea groups is 1. The molecule has 7 heteroatoms. The van der Waals surface area contributed by atoms with Gasteiger partial charge in [-0.3, -0.25) is 0 Å². The average Bonchev–Trinajstić information content (AvgIpc) is 3.03. The molecule has 2 amide bonds. The van der Waals surface area contributed by atoms with Crippen molar-refractivity contribution in [1.29, 1.82) is 0 Å². The average molecular weight is 352 g/mol. The number of nitrogens with zero attached hydrogens (tertiary/aromatic N) is 2. The van der Waals surface area contributed by atoms with Crippen LogP contribution in [0.4, 0.5) is 20.6 Å². The molecule has 1 saturated carbocycles. The molecule has 0 bridgehead atoms. The third-order valence-electron chi connectivity index (χ3n) is 4.38. The van der Waals surface area contributed by atoms with Gasteiger partial charge in [0.25, 0.3) is 0 Å². The largest absolute Gasteiger partial charge is 0.339 e. The summed E-state index contributed by atoms with van der Waals surface area (Å²) in [6, 6.07) is 12.4. The van der Waals surface area contributed by atoms with E-state index in [1.54, 1.807) is 18.2 Å². The van der Waals surface area contributed by atoms with E-state index in [4.69, 9.17) is 4.52 Å². The number of carbonyl (C=O) groups excluding carboxylic acids is 1. The quantitative estimate of drug-likeness (QED) is 0.708. The molecule has 1 aromatic heterocycles. The zero-order valence-electron chi connectivity index (χ0n) is 13.9. The van der Waals surface area contributed by atoms with E-state index in [1.807, 2.05) is 12.1 Å². The number of rotatable bonds is 4. The minimum Gasteiger partial charge on any atom is -0.339 e. The lowest BCUT2D eigenvalue weighted by Gasteiger charge is -2.20. The van der Waals surface area contributed by atoms with Crippen molar-refractivity contribution in [2.45, 2.75) is 25.2 Å². The first-order chi connectivity index (χ1) is 12.7. The molecule has 2 N–H and O–H groups in total. The number of halogens is 1. The molecule has 0 spiro atoms. The SMILES string of the molecule is O=C(Nc1ccc(-c2noc(C3CCC3)n2)cc1)Nc1cccc(F)c1. The first kappa shape index (κ1) is 16.3. The van der Waals surface area contributed by atoms with E-state index in [0.717, 1.165) is 18.4 Å². The Morgan fingerprint density at radius 3 is 2.54 bits per heavy atom. The van der Waals surface area contributed by atoms with Gasteiger partial charge >= 0.3 is 6.03 Å². The lowest BCUT2D eigenvalue weighted by atomic mass is 9.85. The molecule has 132 valence electrons. The highest BCUT2D eigenvalue weighted by molar-refractivity contribution is 5.99. The van der Waals surface area contributed by atoms with E-state index in [2.05, 4.69) is 20.8 Å². The molecule has 1 fully saturated rings. The fourth-order valence-corrected chi connectivity index (χ4v) is 2.74. The molecule has 4 rings (SSSR count). The summed E-state index contributed by atoms with van der Waals surface area (Å²) in [4.78, 5) is 16.4. The van der Waals surface area contributed by atoms with Crippen LogP contribution in [0.15, 0.2) is 53.1 Å². The fraction of sp³-hybridized carbons (Fsp3) is 0.211. The zero-order chi connectivity index (χ0) is 17.9. The highest BCUT2D eigenvalue weighted by Gasteiger charge is 2.25. The van der Waals surface area contributed by atoms with E-state index in [9.17, 15) is 9.18 Å². The van der Waals surface area contributed by atoms with Crippen molar-refractivity contribution in [2.75, 3.05) is 10.6 Å². The zero-order valence-corrected chi connectivity index (χ0v) is 13.9. The lowest BCUT2D eigenvalue weighted by molar-refractivity contribution is 0.262. The van der Waals surface area contributed by atoms with E-state index >= 15 is 0 Å². The van der Waals surface area contributed by atoms with Gasteiger partial charge < -0.3 is 15.2 Å². The van der Waals surface area contributed by atoms with Gasteiger partial charge in [0.1, 0.15) is 5.82 Å². The molecule has 0 radical (unpaired) electrons. The third-order valence-corrected chi connectivity index (χ3v) is 4.38. The Morgan fingerprint density at radius 2 is 1.85 bits per heavy atom. The molecule has 1 heterocycles. The second-order valence-corrected chi connectivity index (χ2v) is 6.25. The Labute approximate surface area is 149 Å². The monoisotopic (exact) mass is 352 g/mol. The second-order valence-electron chi connectivity index (χ2n) is 6.25.